The van der Waals surface area contributed by atoms with Crippen LogP contribution in [0.4, 0.5) is 5.69 Å². The van der Waals surface area contributed by atoms with Gasteiger partial charge in [0.15, 0.2) is 0 Å². The monoisotopic (exact) mass is 394 g/mol. The van der Waals surface area contributed by atoms with Crippen LogP contribution in [0.15, 0.2) is 54.6 Å². The van der Waals surface area contributed by atoms with Crippen molar-refractivity contribution in [3.63, 3.8) is 0 Å². The smallest absolute Gasteiger partial charge is 0.313 e. The third-order valence-corrected chi connectivity index (χ3v) is 4.91. The number of piperazine rings is 1. The predicted octanol–water partition coefficient (Wildman–Crippen LogP) is 1.51. The van der Waals surface area contributed by atoms with Gasteiger partial charge in [-0.15, -0.1) is 0 Å². The summed E-state index contributed by atoms with van der Waals surface area (Å²) in [6.07, 6.45) is 0. The second kappa shape index (κ2) is 9.84. The lowest BCUT2D eigenvalue weighted by atomic mass is 10.2. The van der Waals surface area contributed by atoms with Crippen molar-refractivity contribution in [2.45, 2.75) is 6.92 Å². The van der Waals surface area contributed by atoms with Crippen molar-refractivity contribution < 1.29 is 14.4 Å². The van der Waals surface area contributed by atoms with Crippen molar-refractivity contribution in [1.82, 2.24) is 15.1 Å². The van der Waals surface area contributed by atoms with Crippen LogP contribution in [0.5, 0.6) is 0 Å². The molecule has 7 heteroatoms. The molecule has 7 nitrogen and oxygen atoms in total. The molecule has 1 aliphatic heterocycles. The number of carbonyl (C=O) groups is 3. The molecule has 0 aliphatic carbocycles. The zero-order valence-corrected chi connectivity index (χ0v) is 16.6. The fourth-order valence-corrected chi connectivity index (χ4v) is 3.17. The number of nitrogens with one attached hydrogen (secondary N) is 2. The largest absolute Gasteiger partial charge is 0.347 e. The van der Waals surface area contributed by atoms with E-state index in [9.17, 15) is 14.4 Å². The normalized spacial score (nSPS) is 14.3. The zero-order chi connectivity index (χ0) is 20.6. The van der Waals surface area contributed by atoms with Crippen molar-refractivity contribution in [2.75, 3.05) is 44.6 Å². The summed E-state index contributed by atoms with van der Waals surface area (Å²) >= 11 is 0. The molecule has 0 unspecified atom stereocenters. The number of nitrogens with zero attached hydrogens (tertiary/aromatic N) is 2. The molecule has 0 spiro atoms. The SMILES string of the molecule is Cc1ccc(NC(=O)C(=O)NCCN2CCN(C(=O)c3ccccc3)CC2)cc1. The summed E-state index contributed by atoms with van der Waals surface area (Å²) in [5.41, 5.74) is 2.38. The molecule has 3 amide bonds. The standard InChI is InChI=1S/C22H26N4O3/c1-17-7-9-19(10-8-17)24-21(28)20(27)23-11-12-25-13-15-26(16-14-25)22(29)18-5-3-2-4-6-18/h2-10H,11-16H2,1H3,(H,23,27)(H,24,28). The Kier molecular flexibility index (Phi) is 6.97. The molecule has 1 heterocycles. The minimum Gasteiger partial charge on any atom is -0.347 e. The number of amides is 3. The van der Waals surface area contributed by atoms with Crippen LogP contribution in [0.25, 0.3) is 0 Å². The summed E-state index contributed by atoms with van der Waals surface area (Å²) in [5.74, 6) is -1.28. The highest BCUT2D eigenvalue weighted by molar-refractivity contribution is 6.39. The number of hydrogen-bond donors (Lipinski definition) is 2. The van der Waals surface area contributed by atoms with Crippen LogP contribution >= 0.6 is 0 Å². The number of anilines is 1. The highest BCUT2D eigenvalue weighted by atomic mass is 16.2. The van der Waals surface area contributed by atoms with Gasteiger partial charge in [-0.25, -0.2) is 0 Å². The fraction of sp³-hybridized carbons (Fsp3) is 0.318. The topological polar surface area (TPSA) is 81.8 Å². The minimum absolute atomic E-state index is 0.0475. The maximum Gasteiger partial charge on any atom is 0.313 e. The number of hydrogen-bond acceptors (Lipinski definition) is 4. The molecule has 2 aromatic carbocycles. The van der Waals surface area contributed by atoms with Gasteiger partial charge in [-0.2, -0.15) is 0 Å². The van der Waals surface area contributed by atoms with E-state index >= 15 is 0 Å². The van der Waals surface area contributed by atoms with Crippen molar-refractivity contribution in [1.29, 1.82) is 0 Å². The summed E-state index contributed by atoms with van der Waals surface area (Å²) in [6.45, 7) is 5.75. The molecular weight excluding hydrogens is 368 g/mol. The summed E-state index contributed by atoms with van der Waals surface area (Å²) in [4.78, 5) is 40.4. The number of carbonyl (C=O) groups excluding carboxylic acids is 3. The first-order valence-electron chi connectivity index (χ1n) is 9.75. The first-order chi connectivity index (χ1) is 14.0. The molecule has 29 heavy (non-hydrogen) atoms. The Bertz CT molecular complexity index is 844. The second-order valence-corrected chi connectivity index (χ2v) is 7.08. The van der Waals surface area contributed by atoms with Crippen molar-refractivity contribution in [3.8, 4) is 0 Å². The fourth-order valence-electron chi connectivity index (χ4n) is 3.17. The third-order valence-electron chi connectivity index (χ3n) is 4.91. The molecule has 0 saturated carbocycles. The Hall–Kier alpha value is -3.19. The highest BCUT2D eigenvalue weighted by Gasteiger charge is 2.22. The average Bonchev–Trinajstić information content (AvgIpc) is 2.76. The number of benzene rings is 2. The Labute approximate surface area is 170 Å². The summed E-state index contributed by atoms with van der Waals surface area (Å²) in [5, 5.41) is 5.23. The van der Waals surface area contributed by atoms with E-state index < -0.39 is 11.8 Å². The van der Waals surface area contributed by atoms with Gasteiger partial charge in [0, 0.05) is 50.5 Å². The van der Waals surface area contributed by atoms with E-state index in [0.29, 0.717) is 37.4 Å². The summed E-state index contributed by atoms with van der Waals surface area (Å²) in [7, 11) is 0. The molecule has 1 fully saturated rings. The first-order valence-corrected chi connectivity index (χ1v) is 9.75. The third kappa shape index (κ3) is 5.89. The van der Waals surface area contributed by atoms with Gasteiger partial charge in [-0.3, -0.25) is 19.3 Å². The van der Waals surface area contributed by atoms with Crippen LogP contribution in [-0.2, 0) is 9.59 Å². The first kappa shape index (κ1) is 20.5. The quantitative estimate of drug-likeness (QED) is 0.754. The van der Waals surface area contributed by atoms with Crippen LogP contribution in [0.3, 0.4) is 0 Å². The van der Waals surface area contributed by atoms with Gasteiger partial charge in [0.1, 0.15) is 0 Å². The van der Waals surface area contributed by atoms with Crippen molar-refractivity contribution in [3.05, 3.63) is 65.7 Å². The Morgan fingerprint density at radius 1 is 0.862 bits per heavy atom. The molecule has 2 N–H and O–H groups in total. The van der Waals surface area contributed by atoms with Gasteiger partial charge in [-0.1, -0.05) is 35.9 Å². The van der Waals surface area contributed by atoms with Gasteiger partial charge >= 0.3 is 11.8 Å². The number of aryl methyl sites for hydroxylation is 1. The molecule has 152 valence electrons. The molecule has 0 radical (unpaired) electrons. The van der Waals surface area contributed by atoms with Crippen LogP contribution in [0.1, 0.15) is 15.9 Å². The maximum atomic E-state index is 12.5. The van der Waals surface area contributed by atoms with Crippen LogP contribution in [-0.4, -0.2) is 66.8 Å². The van der Waals surface area contributed by atoms with Crippen molar-refractivity contribution >= 4 is 23.4 Å². The highest BCUT2D eigenvalue weighted by Crippen LogP contribution is 2.09. The van der Waals surface area contributed by atoms with Gasteiger partial charge in [-0.05, 0) is 31.2 Å². The van der Waals surface area contributed by atoms with E-state index in [2.05, 4.69) is 15.5 Å². The average molecular weight is 394 g/mol. The van der Waals surface area contributed by atoms with Crippen molar-refractivity contribution in [2.24, 2.45) is 0 Å². The van der Waals surface area contributed by atoms with Crippen LogP contribution < -0.4 is 10.6 Å². The van der Waals surface area contributed by atoms with Gasteiger partial charge < -0.3 is 15.5 Å². The van der Waals surface area contributed by atoms with Gasteiger partial charge in [0.2, 0.25) is 0 Å². The molecule has 2 aromatic rings. The lowest BCUT2D eigenvalue weighted by molar-refractivity contribution is -0.136. The van der Waals surface area contributed by atoms with E-state index in [4.69, 9.17) is 0 Å². The molecular formula is C22H26N4O3. The van der Waals surface area contributed by atoms with Gasteiger partial charge in [0.25, 0.3) is 5.91 Å². The molecule has 1 saturated heterocycles. The molecule has 0 aromatic heterocycles. The van der Waals surface area contributed by atoms with E-state index in [1.54, 1.807) is 12.1 Å². The molecule has 1 aliphatic rings. The molecule has 0 bridgehead atoms. The Morgan fingerprint density at radius 3 is 2.17 bits per heavy atom. The predicted molar refractivity (Wildman–Crippen MR) is 112 cm³/mol. The Morgan fingerprint density at radius 2 is 1.52 bits per heavy atom. The molecule has 0 atom stereocenters. The lowest BCUT2D eigenvalue weighted by Crippen LogP contribution is -2.50. The summed E-state index contributed by atoms with van der Waals surface area (Å²) in [6, 6.07) is 16.5. The number of rotatable bonds is 5. The lowest BCUT2D eigenvalue weighted by Gasteiger charge is -2.34. The van der Waals surface area contributed by atoms with Crippen LogP contribution in [0, 0.1) is 6.92 Å². The molecule has 3 rings (SSSR count). The van der Waals surface area contributed by atoms with E-state index in [1.807, 2.05) is 54.3 Å². The maximum absolute atomic E-state index is 12.5. The van der Waals surface area contributed by atoms with E-state index in [-0.39, 0.29) is 5.91 Å². The Balaban J connectivity index is 1.36. The van der Waals surface area contributed by atoms with Gasteiger partial charge in [0.05, 0.1) is 0 Å². The van der Waals surface area contributed by atoms with E-state index in [0.717, 1.165) is 18.7 Å². The second-order valence-electron chi connectivity index (χ2n) is 7.08. The zero-order valence-electron chi connectivity index (χ0n) is 16.6. The summed E-state index contributed by atoms with van der Waals surface area (Å²) < 4.78 is 0. The van der Waals surface area contributed by atoms with Crippen LogP contribution in [0.2, 0.25) is 0 Å². The van der Waals surface area contributed by atoms with E-state index in [1.165, 1.54) is 0 Å². The minimum atomic E-state index is -0.674.